The quantitative estimate of drug-likeness (QED) is 0.491. The van der Waals surface area contributed by atoms with Gasteiger partial charge in [-0.15, -0.1) is 0 Å². The Balaban J connectivity index is 2.67. The molecular weight excluding hydrogens is 256 g/mol. The van der Waals surface area contributed by atoms with Crippen molar-refractivity contribution >= 4 is 28.6 Å². The Kier molecular flexibility index (Phi) is 4.55. The molecule has 0 aliphatic heterocycles. The van der Waals surface area contributed by atoms with E-state index in [0.717, 1.165) is 0 Å². The second-order valence-corrected chi connectivity index (χ2v) is 4.95. The zero-order valence-corrected chi connectivity index (χ0v) is 11.2. The number of hydrogen-bond donors (Lipinski definition) is 2. The predicted octanol–water partition coefficient (Wildman–Crippen LogP) is 3.41. The lowest BCUT2D eigenvalue weighted by molar-refractivity contribution is 0.0636. The van der Waals surface area contributed by atoms with Crippen molar-refractivity contribution in [3.8, 4) is 0 Å². The van der Waals surface area contributed by atoms with Crippen molar-refractivity contribution in [2.75, 3.05) is 5.32 Å². The van der Waals surface area contributed by atoms with Gasteiger partial charge in [0, 0.05) is 11.3 Å². The van der Waals surface area contributed by atoms with Crippen molar-refractivity contribution in [2.24, 2.45) is 5.16 Å². The van der Waals surface area contributed by atoms with Gasteiger partial charge in [-0.2, -0.15) is 0 Å². The summed E-state index contributed by atoms with van der Waals surface area (Å²) in [4.78, 5) is 11.5. The maximum atomic E-state index is 11.5. The fourth-order valence-electron chi connectivity index (χ4n) is 1.17. The van der Waals surface area contributed by atoms with Crippen LogP contribution in [0, 0.1) is 0 Å². The number of carbonyl (C=O) groups excluding carboxylic acids is 1. The second kappa shape index (κ2) is 5.73. The molecule has 1 aromatic rings. The number of benzene rings is 1. The number of carbonyl (C=O) groups is 1. The molecule has 0 radical (unpaired) electrons. The van der Waals surface area contributed by atoms with Crippen molar-refractivity contribution in [3.05, 3.63) is 29.8 Å². The molecule has 2 N–H and O–H groups in total. The van der Waals surface area contributed by atoms with E-state index in [-0.39, 0.29) is 5.17 Å². The minimum Gasteiger partial charge on any atom is -0.444 e. The van der Waals surface area contributed by atoms with Gasteiger partial charge >= 0.3 is 6.09 Å². The molecule has 0 saturated carbocycles. The van der Waals surface area contributed by atoms with Gasteiger partial charge in [-0.05, 0) is 45.0 Å². The van der Waals surface area contributed by atoms with Crippen LogP contribution in [0.2, 0.25) is 0 Å². The molecule has 1 rings (SSSR count). The molecule has 0 aromatic heterocycles. The highest BCUT2D eigenvalue weighted by Crippen LogP contribution is 2.14. The van der Waals surface area contributed by atoms with E-state index in [0.29, 0.717) is 11.3 Å². The first kappa shape index (κ1) is 14.3. The Hall–Kier alpha value is -1.75. The number of nitrogens with one attached hydrogen (secondary N) is 1. The number of amides is 1. The van der Waals surface area contributed by atoms with E-state index in [1.54, 1.807) is 45.0 Å². The fourth-order valence-corrected chi connectivity index (χ4v) is 1.30. The molecule has 0 aliphatic carbocycles. The SMILES string of the molecule is CC(C)(C)OC(=O)Nc1ccc(/C(Cl)=N/O)cc1. The van der Waals surface area contributed by atoms with Crippen molar-refractivity contribution in [1.29, 1.82) is 0 Å². The van der Waals surface area contributed by atoms with Crippen LogP contribution in [0.3, 0.4) is 0 Å². The summed E-state index contributed by atoms with van der Waals surface area (Å²) in [6, 6.07) is 6.50. The Bertz CT molecular complexity index is 449. The van der Waals surface area contributed by atoms with E-state index < -0.39 is 11.7 Å². The van der Waals surface area contributed by atoms with Gasteiger partial charge < -0.3 is 9.94 Å². The lowest BCUT2D eigenvalue weighted by Gasteiger charge is -2.19. The first-order valence-corrected chi connectivity index (χ1v) is 5.67. The number of anilines is 1. The highest BCUT2D eigenvalue weighted by atomic mass is 35.5. The Morgan fingerprint density at radius 2 is 1.89 bits per heavy atom. The number of rotatable bonds is 2. The molecule has 0 atom stereocenters. The van der Waals surface area contributed by atoms with Gasteiger partial charge in [-0.25, -0.2) is 4.79 Å². The number of oxime groups is 1. The zero-order valence-electron chi connectivity index (χ0n) is 10.4. The molecule has 6 heteroatoms. The minimum absolute atomic E-state index is 0.0150. The summed E-state index contributed by atoms with van der Waals surface area (Å²) in [5.74, 6) is 0. The number of nitrogens with zero attached hydrogens (tertiary/aromatic N) is 1. The van der Waals surface area contributed by atoms with E-state index in [9.17, 15) is 4.79 Å². The van der Waals surface area contributed by atoms with Gasteiger partial charge in [-0.1, -0.05) is 16.8 Å². The molecule has 5 nitrogen and oxygen atoms in total. The van der Waals surface area contributed by atoms with Crippen LogP contribution < -0.4 is 5.32 Å². The first-order valence-electron chi connectivity index (χ1n) is 5.30. The zero-order chi connectivity index (χ0) is 13.8. The molecule has 1 aromatic carbocycles. The number of hydrogen-bond acceptors (Lipinski definition) is 4. The van der Waals surface area contributed by atoms with Gasteiger partial charge in [0.15, 0.2) is 5.17 Å². The van der Waals surface area contributed by atoms with Crippen LogP contribution >= 0.6 is 11.6 Å². The largest absolute Gasteiger partial charge is 0.444 e. The molecule has 98 valence electrons. The summed E-state index contributed by atoms with van der Waals surface area (Å²) >= 11 is 5.62. The van der Waals surface area contributed by atoms with E-state index in [1.807, 2.05) is 0 Å². The summed E-state index contributed by atoms with van der Waals surface area (Å²) in [5, 5.41) is 13.9. The molecule has 0 aliphatic rings. The standard InChI is InChI=1S/C12H15ClN2O3/c1-12(2,3)18-11(16)14-9-6-4-8(5-7-9)10(13)15-17/h4-7,17H,1-3H3,(H,14,16)/b15-10-. The smallest absolute Gasteiger partial charge is 0.412 e. The number of halogens is 1. The van der Waals surface area contributed by atoms with E-state index in [1.165, 1.54) is 0 Å². The van der Waals surface area contributed by atoms with Gasteiger partial charge in [-0.3, -0.25) is 5.32 Å². The van der Waals surface area contributed by atoms with Crippen LogP contribution in [0.5, 0.6) is 0 Å². The minimum atomic E-state index is -0.545. The molecule has 0 fully saturated rings. The Morgan fingerprint density at radius 1 is 1.33 bits per heavy atom. The van der Waals surface area contributed by atoms with Crippen LogP contribution in [0.1, 0.15) is 26.3 Å². The number of ether oxygens (including phenoxy) is 1. The topological polar surface area (TPSA) is 70.9 Å². The summed E-state index contributed by atoms with van der Waals surface area (Å²) < 4.78 is 5.10. The average molecular weight is 271 g/mol. The summed E-state index contributed by atoms with van der Waals surface area (Å²) in [7, 11) is 0. The van der Waals surface area contributed by atoms with Gasteiger partial charge in [0.1, 0.15) is 5.60 Å². The van der Waals surface area contributed by atoms with Gasteiger partial charge in [0.2, 0.25) is 0 Å². The highest BCUT2D eigenvalue weighted by Gasteiger charge is 2.16. The normalized spacial score (nSPS) is 12.1. The molecule has 0 spiro atoms. The first-order chi connectivity index (χ1) is 8.31. The molecule has 0 saturated heterocycles. The van der Waals surface area contributed by atoms with E-state index >= 15 is 0 Å². The van der Waals surface area contributed by atoms with Crippen molar-refractivity contribution in [1.82, 2.24) is 0 Å². The Morgan fingerprint density at radius 3 is 2.33 bits per heavy atom. The fraction of sp³-hybridized carbons (Fsp3) is 0.333. The van der Waals surface area contributed by atoms with Crippen LogP contribution in [-0.2, 0) is 4.74 Å². The maximum Gasteiger partial charge on any atom is 0.412 e. The van der Waals surface area contributed by atoms with E-state index in [2.05, 4.69) is 10.5 Å². The van der Waals surface area contributed by atoms with Crippen LogP contribution in [-0.4, -0.2) is 22.1 Å². The van der Waals surface area contributed by atoms with E-state index in [4.69, 9.17) is 21.5 Å². The molecule has 0 bridgehead atoms. The van der Waals surface area contributed by atoms with Crippen LogP contribution in [0.4, 0.5) is 10.5 Å². The lowest BCUT2D eigenvalue weighted by Crippen LogP contribution is -2.27. The third-order valence-corrected chi connectivity index (χ3v) is 2.15. The third kappa shape index (κ3) is 4.63. The van der Waals surface area contributed by atoms with Crippen molar-refractivity contribution < 1.29 is 14.7 Å². The summed E-state index contributed by atoms with van der Waals surface area (Å²) in [6.07, 6.45) is -0.530. The summed E-state index contributed by atoms with van der Waals surface area (Å²) in [5.41, 5.74) is 0.570. The van der Waals surface area contributed by atoms with Crippen LogP contribution in [0.15, 0.2) is 29.4 Å². The second-order valence-electron chi connectivity index (χ2n) is 4.60. The Labute approximate surface area is 110 Å². The average Bonchev–Trinajstić information content (AvgIpc) is 2.26. The highest BCUT2D eigenvalue weighted by molar-refractivity contribution is 6.69. The maximum absolute atomic E-state index is 11.5. The van der Waals surface area contributed by atoms with Crippen molar-refractivity contribution in [3.63, 3.8) is 0 Å². The lowest BCUT2D eigenvalue weighted by atomic mass is 10.2. The van der Waals surface area contributed by atoms with Gasteiger partial charge in [0.05, 0.1) is 0 Å². The molecule has 0 heterocycles. The monoisotopic (exact) mass is 270 g/mol. The predicted molar refractivity (Wildman–Crippen MR) is 70.5 cm³/mol. The van der Waals surface area contributed by atoms with Crippen LogP contribution in [0.25, 0.3) is 0 Å². The van der Waals surface area contributed by atoms with Crippen molar-refractivity contribution in [2.45, 2.75) is 26.4 Å². The molecule has 1 amide bonds. The molecule has 18 heavy (non-hydrogen) atoms. The molecule has 0 unspecified atom stereocenters. The van der Waals surface area contributed by atoms with Gasteiger partial charge in [0.25, 0.3) is 0 Å². The molecular formula is C12H15ClN2O3. The summed E-state index contributed by atoms with van der Waals surface area (Å²) in [6.45, 7) is 5.35. The third-order valence-electron chi connectivity index (χ3n) is 1.86.